The minimum absolute atomic E-state index is 0.0823. The van der Waals surface area contributed by atoms with Crippen LogP contribution in [0.2, 0.25) is 0 Å². The molecule has 7 aromatic rings. The average molecular weight is 668 g/mol. The second-order valence-corrected chi connectivity index (χ2v) is 15.8. The van der Waals surface area contributed by atoms with E-state index in [0.29, 0.717) is 0 Å². The lowest BCUT2D eigenvalue weighted by atomic mass is 9.29. The van der Waals surface area contributed by atoms with E-state index < -0.39 is 0 Å². The molecule has 2 nitrogen and oxygen atoms in total. The maximum atomic E-state index is 2.65. The van der Waals surface area contributed by atoms with E-state index in [1.807, 2.05) is 11.8 Å². The highest BCUT2D eigenvalue weighted by atomic mass is 32.2. The molecule has 11 rings (SSSR count). The van der Waals surface area contributed by atoms with Gasteiger partial charge in [0, 0.05) is 43.8 Å². The van der Waals surface area contributed by atoms with E-state index in [9.17, 15) is 0 Å². The zero-order chi connectivity index (χ0) is 34.1. The van der Waals surface area contributed by atoms with Gasteiger partial charge in [-0.05, 0) is 96.5 Å². The fourth-order valence-electron chi connectivity index (χ4n) is 9.50. The lowest BCUT2D eigenvalue weighted by Gasteiger charge is -2.50. The maximum Gasteiger partial charge on any atom is 0.252 e. The van der Waals surface area contributed by atoms with Crippen LogP contribution in [-0.4, -0.2) is 13.4 Å². The summed E-state index contributed by atoms with van der Waals surface area (Å²) in [5.41, 5.74) is 23.9. The molecule has 0 spiro atoms. The molecular weight excluding hydrogens is 634 g/mol. The summed E-state index contributed by atoms with van der Waals surface area (Å²) in [6, 6.07) is 50.8. The van der Waals surface area contributed by atoms with Gasteiger partial charge in [-0.2, -0.15) is 0 Å². The summed E-state index contributed by atoms with van der Waals surface area (Å²) in [7, 11) is 0. The molecule has 4 aliphatic rings. The van der Waals surface area contributed by atoms with Crippen molar-refractivity contribution in [3.63, 3.8) is 0 Å². The van der Waals surface area contributed by atoms with Gasteiger partial charge < -0.3 is 9.80 Å². The van der Waals surface area contributed by atoms with Crippen molar-refractivity contribution >= 4 is 92.1 Å². The Morgan fingerprint density at radius 1 is 0.451 bits per heavy atom. The predicted octanol–water partition coefficient (Wildman–Crippen LogP) is 7.96. The minimum Gasteiger partial charge on any atom is -0.312 e. The number of fused-ring (bicyclic) bond motifs is 10. The fraction of sp³-hybridized carbons (Fsp3) is 0.0870. The number of hydrogen-bond acceptors (Lipinski definition) is 3. The Balaban J connectivity index is 1.40. The quantitative estimate of drug-likeness (QED) is 0.173. The smallest absolute Gasteiger partial charge is 0.252 e. The second kappa shape index (κ2) is 10.6. The Bertz CT molecular complexity index is 2650. The van der Waals surface area contributed by atoms with E-state index in [0.717, 1.165) is 0 Å². The molecule has 0 amide bonds. The molecule has 0 fully saturated rings. The Labute approximate surface area is 304 Å². The SMILES string of the molecule is Cc1ccc2c(c1)B1c3ccccc3Sc3c1c1c4c(c3-c3ccccc3)N(c3ccccc3C)c3ccc(C)cc3B4c3cc(C)ccc3N21. The van der Waals surface area contributed by atoms with Crippen molar-refractivity contribution in [2.75, 3.05) is 9.80 Å². The molecule has 7 aromatic carbocycles. The topological polar surface area (TPSA) is 6.48 Å². The highest BCUT2D eigenvalue weighted by molar-refractivity contribution is 8.00. The summed E-state index contributed by atoms with van der Waals surface area (Å²) < 4.78 is 0. The monoisotopic (exact) mass is 668 g/mol. The molecule has 0 radical (unpaired) electrons. The first kappa shape index (κ1) is 29.4. The lowest BCUT2D eigenvalue weighted by molar-refractivity contribution is 1.21. The largest absolute Gasteiger partial charge is 0.312 e. The van der Waals surface area contributed by atoms with Gasteiger partial charge in [0.05, 0.1) is 5.69 Å². The zero-order valence-electron chi connectivity index (χ0n) is 29.2. The summed E-state index contributed by atoms with van der Waals surface area (Å²) in [5.74, 6) is 0. The molecule has 4 aliphatic heterocycles. The van der Waals surface area contributed by atoms with Crippen molar-refractivity contribution in [2.45, 2.75) is 37.5 Å². The Morgan fingerprint density at radius 2 is 0.980 bits per heavy atom. The molecule has 240 valence electrons. The van der Waals surface area contributed by atoms with E-state index >= 15 is 0 Å². The van der Waals surface area contributed by atoms with Crippen molar-refractivity contribution in [1.29, 1.82) is 0 Å². The van der Waals surface area contributed by atoms with Gasteiger partial charge in [0.2, 0.25) is 6.71 Å². The average Bonchev–Trinajstić information content (AvgIpc) is 3.15. The van der Waals surface area contributed by atoms with Crippen LogP contribution in [0.3, 0.4) is 0 Å². The first-order valence-electron chi connectivity index (χ1n) is 18.0. The van der Waals surface area contributed by atoms with Crippen molar-refractivity contribution in [2.24, 2.45) is 0 Å². The number of benzene rings is 7. The normalized spacial score (nSPS) is 14.0. The number of nitrogens with zero attached hydrogens (tertiary/aromatic N) is 2. The number of rotatable bonds is 2. The summed E-state index contributed by atoms with van der Waals surface area (Å²) in [6.07, 6.45) is 0. The highest BCUT2D eigenvalue weighted by Crippen LogP contribution is 2.53. The van der Waals surface area contributed by atoms with Gasteiger partial charge in [-0.25, -0.2) is 0 Å². The molecule has 0 aliphatic carbocycles. The van der Waals surface area contributed by atoms with Crippen molar-refractivity contribution in [1.82, 2.24) is 0 Å². The third-order valence-electron chi connectivity index (χ3n) is 11.6. The molecule has 0 saturated heterocycles. The fourth-order valence-corrected chi connectivity index (χ4v) is 10.8. The maximum absolute atomic E-state index is 2.65. The Morgan fingerprint density at radius 3 is 1.61 bits per heavy atom. The van der Waals surface area contributed by atoms with Gasteiger partial charge in [-0.1, -0.05) is 137 Å². The molecule has 0 atom stereocenters. The molecule has 5 heteroatoms. The van der Waals surface area contributed by atoms with E-state index in [1.54, 1.807) is 0 Å². The molecule has 4 heterocycles. The van der Waals surface area contributed by atoms with Crippen LogP contribution in [0.1, 0.15) is 22.3 Å². The van der Waals surface area contributed by atoms with Crippen LogP contribution in [-0.2, 0) is 0 Å². The summed E-state index contributed by atoms with van der Waals surface area (Å²) in [5, 5.41) is 0. The zero-order valence-corrected chi connectivity index (χ0v) is 30.0. The minimum atomic E-state index is 0.0823. The van der Waals surface area contributed by atoms with E-state index in [2.05, 4.69) is 171 Å². The third-order valence-corrected chi connectivity index (χ3v) is 12.8. The predicted molar refractivity (Wildman–Crippen MR) is 220 cm³/mol. The van der Waals surface area contributed by atoms with Crippen molar-refractivity contribution in [3.05, 3.63) is 156 Å². The summed E-state index contributed by atoms with van der Waals surface area (Å²) in [6.45, 7) is 9.20. The number of hydrogen-bond donors (Lipinski definition) is 0. The first-order valence-corrected chi connectivity index (χ1v) is 18.8. The molecule has 0 bridgehead atoms. The van der Waals surface area contributed by atoms with Crippen molar-refractivity contribution < 1.29 is 0 Å². The van der Waals surface area contributed by atoms with E-state index in [4.69, 9.17) is 0 Å². The molecular formula is C46H34B2N2S. The number of anilines is 6. The number of aryl methyl sites for hydroxylation is 4. The van der Waals surface area contributed by atoms with Crippen LogP contribution < -0.4 is 42.6 Å². The Hall–Kier alpha value is -5.38. The van der Waals surface area contributed by atoms with Crippen molar-refractivity contribution in [3.8, 4) is 11.1 Å². The third kappa shape index (κ3) is 3.93. The van der Waals surface area contributed by atoms with Gasteiger partial charge >= 0.3 is 0 Å². The summed E-state index contributed by atoms with van der Waals surface area (Å²) in [4.78, 5) is 7.99. The lowest BCUT2D eigenvalue weighted by Crippen LogP contribution is -2.68. The molecule has 0 unspecified atom stereocenters. The van der Waals surface area contributed by atoms with Crippen LogP contribution in [0.5, 0.6) is 0 Å². The molecule has 51 heavy (non-hydrogen) atoms. The van der Waals surface area contributed by atoms with Gasteiger partial charge in [0.25, 0.3) is 6.71 Å². The molecule has 0 N–H and O–H groups in total. The summed E-state index contributed by atoms with van der Waals surface area (Å²) >= 11 is 1.97. The van der Waals surface area contributed by atoms with Gasteiger partial charge in [0.15, 0.2) is 0 Å². The molecule has 0 saturated carbocycles. The van der Waals surface area contributed by atoms with Gasteiger partial charge in [-0.15, -0.1) is 0 Å². The van der Waals surface area contributed by atoms with E-state index in [-0.39, 0.29) is 13.4 Å². The van der Waals surface area contributed by atoms with Crippen LogP contribution in [0.15, 0.2) is 143 Å². The Kier molecular flexibility index (Phi) is 6.09. The van der Waals surface area contributed by atoms with E-state index in [1.165, 1.54) is 110 Å². The van der Waals surface area contributed by atoms with Crippen LogP contribution in [0, 0.1) is 27.7 Å². The highest BCUT2D eigenvalue weighted by Gasteiger charge is 2.52. The van der Waals surface area contributed by atoms with Gasteiger partial charge in [0.1, 0.15) is 0 Å². The second-order valence-electron chi connectivity index (χ2n) is 14.7. The number of para-hydroxylation sites is 1. The standard InChI is InChI=1S/C46H34B2N2S/c1-27-19-22-38-33(24-27)47-32-15-9-11-17-40(32)51-46-41(31-13-6-5-7-14-31)44-42-45(43(46)47)50(38)39-23-20-29(3)26-35(39)48(42)34-25-28(2)18-21-37(34)49(44)36-16-10-8-12-30(36)4/h5-26H,1-4H3. The van der Waals surface area contributed by atoms with Crippen LogP contribution >= 0.6 is 11.8 Å². The van der Waals surface area contributed by atoms with Crippen LogP contribution in [0.25, 0.3) is 11.1 Å². The van der Waals surface area contributed by atoms with Crippen LogP contribution in [0.4, 0.5) is 34.1 Å². The van der Waals surface area contributed by atoms with Gasteiger partial charge in [-0.3, -0.25) is 0 Å². The molecule has 0 aromatic heterocycles. The first-order chi connectivity index (χ1) is 25.0.